The van der Waals surface area contributed by atoms with Crippen LogP contribution < -0.4 is 14.8 Å². The summed E-state index contributed by atoms with van der Waals surface area (Å²) in [5.41, 5.74) is 1.88. The van der Waals surface area contributed by atoms with E-state index in [9.17, 15) is 9.18 Å². The van der Waals surface area contributed by atoms with Crippen molar-refractivity contribution in [2.24, 2.45) is 5.41 Å². The van der Waals surface area contributed by atoms with Gasteiger partial charge in [-0.15, -0.1) is 0 Å². The van der Waals surface area contributed by atoms with E-state index < -0.39 is 11.9 Å². The fourth-order valence-electron chi connectivity index (χ4n) is 3.09. The average molecular weight is 345 g/mol. The van der Waals surface area contributed by atoms with Gasteiger partial charge >= 0.3 is 6.09 Å². The van der Waals surface area contributed by atoms with Gasteiger partial charge in [0.15, 0.2) is 11.6 Å². The van der Waals surface area contributed by atoms with Crippen LogP contribution in [0, 0.1) is 11.2 Å². The van der Waals surface area contributed by atoms with Crippen LogP contribution >= 0.6 is 0 Å². The van der Waals surface area contributed by atoms with Gasteiger partial charge in [0.1, 0.15) is 5.75 Å². The van der Waals surface area contributed by atoms with Gasteiger partial charge in [0, 0.05) is 11.0 Å². The number of ether oxygens (including phenoxy) is 2. The fourth-order valence-corrected chi connectivity index (χ4v) is 3.09. The van der Waals surface area contributed by atoms with Gasteiger partial charge in [0.05, 0.1) is 19.8 Å². The van der Waals surface area contributed by atoms with Gasteiger partial charge in [-0.3, -0.25) is 0 Å². The molecule has 3 rings (SSSR count). The smallest absolute Gasteiger partial charge is 0.405 e. The van der Waals surface area contributed by atoms with Crippen molar-refractivity contribution < 1.29 is 23.8 Å². The Morgan fingerprint density at radius 1 is 1.28 bits per heavy atom. The van der Waals surface area contributed by atoms with Crippen molar-refractivity contribution in [1.82, 2.24) is 5.32 Å². The van der Waals surface area contributed by atoms with Crippen LogP contribution in [0.4, 0.5) is 9.18 Å². The van der Waals surface area contributed by atoms with E-state index in [1.165, 1.54) is 13.2 Å². The van der Waals surface area contributed by atoms with Crippen molar-refractivity contribution in [3.8, 4) is 22.6 Å². The predicted octanol–water partition coefficient (Wildman–Crippen LogP) is 4.23. The van der Waals surface area contributed by atoms with E-state index in [1.807, 2.05) is 32.0 Å². The molecule has 5 nitrogen and oxygen atoms in total. The lowest BCUT2D eigenvalue weighted by Crippen LogP contribution is -2.43. The molecule has 132 valence electrons. The molecule has 2 aromatic rings. The summed E-state index contributed by atoms with van der Waals surface area (Å²) in [7, 11) is 1.42. The predicted molar refractivity (Wildman–Crippen MR) is 91.6 cm³/mol. The zero-order valence-corrected chi connectivity index (χ0v) is 14.3. The highest BCUT2D eigenvalue weighted by molar-refractivity contribution is 5.69. The molecule has 0 saturated heterocycles. The van der Waals surface area contributed by atoms with Crippen LogP contribution in [-0.4, -0.2) is 24.9 Å². The van der Waals surface area contributed by atoms with Crippen LogP contribution in [0.15, 0.2) is 36.4 Å². The molecule has 0 radical (unpaired) electrons. The second kappa shape index (κ2) is 6.27. The third-order valence-electron chi connectivity index (χ3n) is 4.46. The number of fused-ring (bicyclic) bond motifs is 1. The first kappa shape index (κ1) is 17.1. The van der Waals surface area contributed by atoms with Gasteiger partial charge in [-0.05, 0) is 29.3 Å². The van der Waals surface area contributed by atoms with Crippen LogP contribution in [0.1, 0.15) is 25.5 Å². The van der Waals surface area contributed by atoms with Crippen molar-refractivity contribution in [2.75, 3.05) is 13.7 Å². The molecule has 1 aliphatic rings. The summed E-state index contributed by atoms with van der Waals surface area (Å²) in [4.78, 5) is 11.1. The number of benzene rings is 2. The monoisotopic (exact) mass is 345 g/mol. The first-order valence-corrected chi connectivity index (χ1v) is 7.92. The summed E-state index contributed by atoms with van der Waals surface area (Å²) in [5, 5.41) is 11.7. The molecule has 0 spiro atoms. The molecule has 1 amide bonds. The minimum absolute atomic E-state index is 0.186. The molecule has 25 heavy (non-hydrogen) atoms. The van der Waals surface area contributed by atoms with E-state index in [4.69, 9.17) is 14.6 Å². The van der Waals surface area contributed by atoms with E-state index in [2.05, 4.69) is 5.32 Å². The minimum Gasteiger partial charge on any atom is -0.494 e. The van der Waals surface area contributed by atoms with Crippen LogP contribution in [0.25, 0.3) is 11.1 Å². The summed E-state index contributed by atoms with van der Waals surface area (Å²) in [5.74, 6) is 0.349. The Balaban J connectivity index is 2.00. The molecule has 0 bridgehead atoms. The van der Waals surface area contributed by atoms with Crippen molar-refractivity contribution in [1.29, 1.82) is 0 Å². The Hall–Kier alpha value is -2.76. The maximum atomic E-state index is 14.0. The van der Waals surface area contributed by atoms with E-state index in [1.54, 1.807) is 12.1 Å². The second-order valence-corrected chi connectivity index (χ2v) is 6.76. The summed E-state index contributed by atoms with van der Waals surface area (Å²) in [6.45, 7) is 4.28. The number of methoxy groups -OCH3 is 1. The van der Waals surface area contributed by atoms with Gasteiger partial charge in [0.2, 0.25) is 0 Å². The molecular formula is C19H20FNO4. The lowest BCUT2D eigenvalue weighted by Gasteiger charge is -2.39. The summed E-state index contributed by atoms with van der Waals surface area (Å²) >= 11 is 0. The van der Waals surface area contributed by atoms with Gasteiger partial charge in [-0.2, -0.15) is 0 Å². The number of amides is 1. The molecule has 1 aliphatic heterocycles. The van der Waals surface area contributed by atoms with Crippen LogP contribution in [-0.2, 0) is 0 Å². The minimum atomic E-state index is -1.08. The van der Waals surface area contributed by atoms with E-state index in [-0.39, 0.29) is 17.2 Å². The van der Waals surface area contributed by atoms with E-state index in [0.717, 1.165) is 11.1 Å². The number of hydrogen-bond acceptors (Lipinski definition) is 3. The molecule has 6 heteroatoms. The molecule has 0 aliphatic carbocycles. The number of hydrogen-bond donors (Lipinski definition) is 2. The highest BCUT2D eigenvalue weighted by atomic mass is 19.1. The first-order chi connectivity index (χ1) is 11.8. The Kier molecular flexibility index (Phi) is 4.29. The zero-order chi connectivity index (χ0) is 18.2. The van der Waals surface area contributed by atoms with Crippen molar-refractivity contribution >= 4 is 6.09 Å². The molecule has 0 saturated carbocycles. The molecule has 2 aromatic carbocycles. The lowest BCUT2D eigenvalue weighted by atomic mass is 9.78. The first-order valence-electron chi connectivity index (χ1n) is 7.92. The topological polar surface area (TPSA) is 67.8 Å². The number of carboxylic acid groups (broad SMARTS) is 1. The molecule has 1 unspecified atom stereocenters. The quantitative estimate of drug-likeness (QED) is 0.874. The normalized spacial score (nSPS) is 18.0. The van der Waals surface area contributed by atoms with Gasteiger partial charge in [-0.25, -0.2) is 9.18 Å². The highest BCUT2D eigenvalue weighted by Crippen LogP contribution is 2.44. The summed E-state index contributed by atoms with van der Waals surface area (Å²) in [6, 6.07) is 9.83. The molecule has 0 aromatic heterocycles. The number of rotatable bonds is 3. The summed E-state index contributed by atoms with van der Waals surface area (Å²) < 4.78 is 24.7. The van der Waals surface area contributed by atoms with Crippen molar-refractivity contribution in [2.45, 2.75) is 19.9 Å². The van der Waals surface area contributed by atoms with Crippen molar-refractivity contribution in [3.63, 3.8) is 0 Å². The van der Waals surface area contributed by atoms with Crippen molar-refractivity contribution in [3.05, 3.63) is 47.8 Å². The second-order valence-electron chi connectivity index (χ2n) is 6.76. The van der Waals surface area contributed by atoms with E-state index in [0.29, 0.717) is 17.9 Å². The summed E-state index contributed by atoms with van der Waals surface area (Å²) in [6.07, 6.45) is -1.08. The maximum Gasteiger partial charge on any atom is 0.405 e. The van der Waals surface area contributed by atoms with Crippen LogP contribution in [0.5, 0.6) is 11.5 Å². The third-order valence-corrected chi connectivity index (χ3v) is 4.46. The highest BCUT2D eigenvalue weighted by Gasteiger charge is 2.38. The number of nitrogens with one attached hydrogen (secondary N) is 1. The fraction of sp³-hybridized carbons (Fsp3) is 0.316. The van der Waals surface area contributed by atoms with Crippen LogP contribution in [0.2, 0.25) is 0 Å². The Morgan fingerprint density at radius 3 is 2.60 bits per heavy atom. The van der Waals surface area contributed by atoms with Gasteiger partial charge in [-0.1, -0.05) is 32.0 Å². The molecule has 1 heterocycles. The van der Waals surface area contributed by atoms with Crippen LogP contribution in [0.3, 0.4) is 0 Å². The molecular weight excluding hydrogens is 325 g/mol. The molecule has 1 atom stereocenters. The Bertz CT molecular complexity index is 819. The Morgan fingerprint density at radius 2 is 1.96 bits per heavy atom. The Labute approximate surface area is 145 Å². The third kappa shape index (κ3) is 3.24. The van der Waals surface area contributed by atoms with Gasteiger partial charge < -0.3 is 19.9 Å². The maximum absolute atomic E-state index is 14.0. The molecule has 0 fully saturated rings. The average Bonchev–Trinajstić information content (AvgIpc) is 2.57. The zero-order valence-electron chi connectivity index (χ0n) is 14.3. The number of carbonyl (C=O) groups is 1. The standard InChI is InChI=1S/C19H20FNO4/c1-19(2)10-25-16-9-12(4-6-13(16)17(19)21-18(22)23)11-5-7-15(24-3)14(20)8-11/h4-9,17,21H,10H2,1-3H3,(H,22,23). The lowest BCUT2D eigenvalue weighted by molar-refractivity contribution is 0.0996. The largest absolute Gasteiger partial charge is 0.494 e. The van der Waals surface area contributed by atoms with Gasteiger partial charge in [0.25, 0.3) is 0 Å². The number of halogens is 1. The molecule has 2 N–H and O–H groups in total. The van der Waals surface area contributed by atoms with E-state index >= 15 is 0 Å². The SMILES string of the molecule is COc1ccc(-c2ccc3c(c2)OCC(C)(C)C3NC(=O)O)cc1F.